The molecular weight excluding hydrogens is 536 g/mol. The normalized spacial score (nSPS) is 20.7. The molecule has 1 saturated heterocycles. The number of aliphatic hydroxyl groups is 1. The fourth-order valence-corrected chi connectivity index (χ4v) is 5.14. The summed E-state index contributed by atoms with van der Waals surface area (Å²) < 4.78 is 13.0. The topological polar surface area (TPSA) is 153 Å². The molecule has 1 aliphatic rings. The molecule has 12 nitrogen and oxygen atoms in total. The molecule has 6 rings (SSSR count). The van der Waals surface area contributed by atoms with Gasteiger partial charge in [0.1, 0.15) is 12.4 Å². The van der Waals surface area contributed by atoms with Crippen molar-refractivity contribution in [2.24, 2.45) is 0 Å². The number of esters is 1. The summed E-state index contributed by atoms with van der Waals surface area (Å²) in [4.78, 5) is 27.9. The molecule has 0 aliphatic carbocycles. The quantitative estimate of drug-likeness (QED) is 0.190. The number of halogens is 1. The maximum Gasteiger partial charge on any atom is 0.303 e. The first-order valence-corrected chi connectivity index (χ1v) is 13.0. The van der Waals surface area contributed by atoms with Crippen LogP contribution >= 0.6 is 11.6 Å². The van der Waals surface area contributed by atoms with E-state index in [4.69, 9.17) is 21.1 Å². The Morgan fingerprint density at radius 2 is 1.85 bits per heavy atom. The van der Waals surface area contributed by atoms with Crippen LogP contribution < -0.4 is 5.32 Å². The molecule has 1 fully saturated rings. The SMILES string of the molecule is CC(=O)O[C@H]1[C@@H](O)[C@H](n2cnc3c(NCC(c4ccccc4)c4ccccc4)nc(Cl)nc32)O[C@@H]1c1nnc[nH]1. The summed E-state index contributed by atoms with van der Waals surface area (Å²) in [5.41, 5.74) is 3.05. The third-order valence-corrected chi connectivity index (χ3v) is 6.94. The van der Waals surface area contributed by atoms with E-state index in [0.29, 0.717) is 29.4 Å². The second-order valence-corrected chi connectivity index (χ2v) is 9.64. The number of aromatic amines is 1. The predicted octanol–water partition coefficient (Wildman–Crippen LogP) is 3.40. The van der Waals surface area contributed by atoms with Crippen LogP contribution in [0.5, 0.6) is 0 Å². The largest absolute Gasteiger partial charge is 0.456 e. The van der Waals surface area contributed by atoms with Gasteiger partial charge in [0.15, 0.2) is 41.2 Å². The number of hydrogen-bond donors (Lipinski definition) is 3. The number of carbonyl (C=O) groups is 1. The average Bonchev–Trinajstić information content (AvgIpc) is 3.70. The third kappa shape index (κ3) is 4.99. The highest BCUT2D eigenvalue weighted by atomic mass is 35.5. The molecule has 4 heterocycles. The molecule has 0 radical (unpaired) electrons. The van der Waals surface area contributed by atoms with Crippen LogP contribution in [0.1, 0.15) is 42.1 Å². The van der Waals surface area contributed by atoms with Crippen molar-refractivity contribution in [1.29, 1.82) is 0 Å². The van der Waals surface area contributed by atoms with Crippen LogP contribution in [0.3, 0.4) is 0 Å². The first-order chi connectivity index (χ1) is 19.5. The minimum Gasteiger partial charge on any atom is -0.456 e. The van der Waals surface area contributed by atoms with Crippen molar-refractivity contribution in [1.82, 2.24) is 34.7 Å². The van der Waals surface area contributed by atoms with E-state index in [1.54, 1.807) is 0 Å². The van der Waals surface area contributed by atoms with Crippen LogP contribution in [-0.4, -0.2) is 64.5 Å². The van der Waals surface area contributed by atoms with Gasteiger partial charge in [-0.25, -0.2) is 4.98 Å². The number of nitrogens with one attached hydrogen (secondary N) is 2. The van der Waals surface area contributed by atoms with Gasteiger partial charge in [-0.1, -0.05) is 60.7 Å². The second-order valence-electron chi connectivity index (χ2n) is 9.31. The highest BCUT2D eigenvalue weighted by Crippen LogP contribution is 2.41. The zero-order valence-electron chi connectivity index (χ0n) is 21.3. The number of carbonyl (C=O) groups excluding carboxylic acids is 1. The van der Waals surface area contributed by atoms with Gasteiger partial charge in [-0.05, 0) is 22.7 Å². The Bertz CT molecular complexity index is 1560. The molecule has 40 heavy (non-hydrogen) atoms. The minimum absolute atomic E-state index is 0.0106. The van der Waals surface area contributed by atoms with E-state index in [1.165, 1.54) is 24.1 Å². The molecule has 13 heteroatoms. The first kappa shape index (κ1) is 25.9. The number of benzene rings is 2. The zero-order valence-corrected chi connectivity index (χ0v) is 22.0. The molecule has 3 aromatic heterocycles. The molecule has 4 atom stereocenters. The van der Waals surface area contributed by atoms with Crippen molar-refractivity contribution in [3.05, 3.63) is 95.6 Å². The van der Waals surface area contributed by atoms with Crippen molar-refractivity contribution in [3.63, 3.8) is 0 Å². The smallest absolute Gasteiger partial charge is 0.303 e. The highest BCUT2D eigenvalue weighted by Gasteiger charge is 2.49. The Morgan fingerprint density at radius 1 is 1.15 bits per heavy atom. The van der Waals surface area contributed by atoms with Gasteiger partial charge >= 0.3 is 5.97 Å². The maximum absolute atomic E-state index is 11.8. The Morgan fingerprint density at radius 3 is 2.48 bits per heavy atom. The minimum atomic E-state index is -1.26. The number of H-pyrrole nitrogens is 1. The summed E-state index contributed by atoms with van der Waals surface area (Å²) in [5, 5.41) is 22.3. The lowest BCUT2D eigenvalue weighted by Crippen LogP contribution is -2.33. The number of hydrogen-bond acceptors (Lipinski definition) is 10. The van der Waals surface area contributed by atoms with Crippen molar-refractivity contribution in [2.75, 3.05) is 11.9 Å². The average molecular weight is 561 g/mol. The lowest BCUT2D eigenvalue weighted by Gasteiger charge is -2.20. The number of imidazole rings is 1. The second kappa shape index (κ2) is 11.0. The molecule has 0 amide bonds. The predicted molar refractivity (Wildman–Crippen MR) is 144 cm³/mol. The molecule has 3 N–H and O–H groups in total. The van der Waals surface area contributed by atoms with Gasteiger partial charge < -0.3 is 24.9 Å². The maximum atomic E-state index is 11.8. The summed E-state index contributed by atoms with van der Waals surface area (Å²) >= 11 is 6.35. The molecule has 5 aromatic rings. The number of nitrogens with zero attached hydrogens (tertiary/aromatic N) is 6. The van der Waals surface area contributed by atoms with Crippen LogP contribution in [0.15, 0.2) is 73.3 Å². The molecule has 0 saturated carbocycles. The summed E-state index contributed by atoms with van der Waals surface area (Å²) in [6, 6.07) is 20.3. The molecular formula is C27H25ClN8O4. The van der Waals surface area contributed by atoms with Crippen LogP contribution in [-0.2, 0) is 14.3 Å². The molecule has 2 aromatic carbocycles. The number of ether oxygens (including phenoxy) is 2. The van der Waals surface area contributed by atoms with Gasteiger partial charge in [0, 0.05) is 19.4 Å². The van der Waals surface area contributed by atoms with Gasteiger partial charge in [0.25, 0.3) is 0 Å². The molecule has 204 valence electrons. The Balaban J connectivity index is 1.32. The lowest BCUT2D eigenvalue weighted by molar-refractivity contribution is -0.153. The van der Waals surface area contributed by atoms with E-state index >= 15 is 0 Å². The Labute approximate surface area is 233 Å². The van der Waals surface area contributed by atoms with Gasteiger partial charge in [-0.2, -0.15) is 9.97 Å². The van der Waals surface area contributed by atoms with Gasteiger partial charge in [0.2, 0.25) is 5.28 Å². The van der Waals surface area contributed by atoms with Crippen molar-refractivity contribution in [3.8, 4) is 0 Å². The van der Waals surface area contributed by atoms with Gasteiger partial charge in [0.05, 0.1) is 6.33 Å². The fourth-order valence-electron chi connectivity index (χ4n) is 4.97. The monoisotopic (exact) mass is 560 g/mol. The molecule has 1 aliphatic heterocycles. The molecule has 0 spiro atoms. The summed E-state index contributed by atoms with van der Waals surface area (Å²) in [6.45, 7) is 1.77. The number of fused-ring (bicyclic) bond motifs is 1. The number of aliphatic hydroxyl groups excluding tert-OH is 1. The Hall–Kier alpha value is -4.39. The first-order valence-electron chi connectivity index (χ1n) is 12.6. The third-order valence-electron chi connectivity index (χ3n) is 6.77. The van der Waals surface area contributed by atoms with Crippen molar-refractivity contribution >= 4 is 34.6 Å². The van der Waals surface area contributed by atoms with E-state index < -0.39 is 30.5 Å². The Kier molecular flexibility index (Phi) is 7.11. The van der Waals surface area contributed by atoms with E-state index in [0.717, 1.165) is 11.1 Å². The summed E-state index contributed by atoms with van der Waals surface area (Å²) in [5.74, 6) is 0.193. The van der Waals surface area contributed by atoms with Crippen LogP contribution in [0, 0.1) is 0 Å². The lowest BCUT2D eigenvalue weighted by atomic mass is 9.91. The van der Waals surface area contributed by atoms with Gasteiger partial charge in [-0.15, -0.1) is 10.2 Å². The van der Waals surface area contributed by atoms with Crippen molar-refractivity contribution in [2.45, 2.75) is 37.4 Å². The van der Waals surface area contributed by atoms with Gasteiger partial charge in [-0.3, -0.25) is 9.36 Å². The number of rotatable bonds is 8. The van der Waals surface area contributed by atoms with Crippen molar-refractivity contribution < 1.29 is 19.4 Å². The number of aromatic nitrogens is 7. The standard InChI is InChI=1S/C27H25ClN8O4/c1-15(37)39-21-20(38)26(40-22(21)24-30-13-32-35-24)36-14-31-19-23(33-27(28)34-25(19)36)29-12-18(16-8-4-2-5-9-16)17-10-6-3-7-11-17/h2-11,13-14,18,20-22,26,38H,12H2,1H3,(H,29,33,34)(H,30,32,35)/t20-,21+,22+,26-/m1/s1. The highest BCUT2D eigenvalue weighted by molar-refractivity contribution is 6.28. The molecule has 0 unspecified atom stereocenters. The van der Waals surface area contributed by atoms with Crippen LogP contribution in [0.4, 0.5) is 5.82 Å². The van der Waals surface area contributed by atoms with E-state index in [-0.39, 0.29) is 11.2 Å². The fraction of sp³-hybridized carbons (Fsp3) is 0.259. The molecule has 0 bridgehead atoms. The summed E-state index contributed by atoms with van der Waals surface area (Å²) in [7, 11) is 0. The summed E-state index contributed by atoms with van der Waals surface area (Å²) in [6.07, 6.45) is -1.35. The zero-order chi connectivity index (χ0) is 27.6. The van der Waals surface area contributed by atoms with Crippen LogP contribution in [0.25, 0.3) is 11.2 Å². The van der Waals surface area contributed by atoms with Crippen LogP contribution in [0.2, 0.25) is 5.28 Å². The van der Waals surface area contributed by atoms with E-state index in [1.807, 2.05) is 36.4 Å². The van der Waals surface area contributed by atoms with E-state index in [2.05, 4.69) is 59.7 Å². The van der Waals surface area contributed by atoms with E-state index in [9.17, 15) is 9.90 Å². The number of anilines is 1.